The van der Waals surface area contributed by atoms with E-state index in [9.17, 15) is 0 Å². The summed E-state index contributed by atoms with van der Waals surface area (Å²) in [5.41, 5.74) is 0. The van der Waals surface area contributed by atoms with E-state index in [4.69, 9.17) is 14.2 Å². The van der Waals surface area contributed by atoms with Gasteiger partial charge in [-0.25, -0.2) is 0 Å². The molecule has 15 heavy (non-hydrogen) atoms. The predicted octanol–water partition coefficient (Wildman–Crippen LogP) is 1.01. The molecule has 0 saturated carbocycles. The zero-order valence-electron chi connectivity index (χ0n) is 10.2. The van der Waals surface area contributed by atoms with Crippen LogP contribution in [0.4, 0.5) is 0 Å². The lowest BCUT2D eigenvalue weighted by molar-refractivity contribution is -0.119. The van der Waals surface area contributed by atoms with E-state index < -0.39 is 0 Å². The summed E-state index contributed by atoms with van der Waals surface area (Å²) in [6.45, 7) is 6.05. The average molecular weight is 217 g/mol. The van der Waals surface area contributed by atoms with Crippen LogP contribution in [-0.2, 0) is 14.2 Å². The quantitative estimate of drug-likeness (QED) is 0.674. The molecule has 0 aliphatic carbocycles. The van der Waals surface area contributed by atoms with E-state index in [1.54, 1.807) is 14.2 Å². The summed E-state index contributed by atoms with van der Waals surface area (Å²) in [5.74, 6) is 0.613. The second-order valence-electron chi connectivity index (χ2n) is 4.16. The Labute approximate surface area is 92.3 Å². The van der Waals surface area contributed by atoms with E-state index in [1.807, 2.05) is 0 Å². The highest BCUT2D eigenvalue weighted by Gasteiger charge is 2.25. The molecule has 0 aromatic rings. The van der Waals surface area contributed by atoms with Crippen molar-refractivity contribution in [3.05, 3.63) is 0 Å². The minimum absolute atomic E-state index is 0.178. The summed E-state index contributed by atoms with van der Waals surface area (Å²) in [7, 11) is 3.32. The van der Waals surface area contributed by atoms with Crippen molar-refractivity contribution in [3.8, 4) is 0 Å². The Morgan fingerprint density at radius 1 is 1.40 bits per heavy atom. The molecule has 1 aliphatic heterocycles. The lowest BCUT2D eigenvalue weighted by atomic mass is 10.0. The van der Waals surface area contributed by atoms with Gasteiger partial charge in [0, 0.05) is 27.4 Å². The summed E-state index contributed by atoms with van der Waals surface area (Å²) in [6, 6.07) is 0.202. The minimum atomic E-state index is -0.178. The molecule has 0 aromatic heterocycles. The normalized spacial score (nSPS) is 28.6. The van der Waals surface area contributed by atoms with Gasteiger partial charge < -0.3 is 19.5 Å². The van der Waals surface area contributed by atoms with Crippen molar-refractivity contribution in [1.29, 1.82) is 0 Å². The number of nitrogens with one attached hydrogen (secondary N) is 1. The summed E-state index contributed by atoms with van der Waals surface area (Å²) >= 11 is 0. The van der Waals surface area contributed by atoms with Crippen LogP contribution in [0.5, 0.6) is 0 Å². The van der Waals surface area contributed by atoms with Crippen LogP contribution in [0, 0.1) is 5.92 Å². The van der Waals surface area contributed by atoms with Crippen molar-refractivity contribution in [2.75, 3.05) is 27.4 Å². The van der Waals surface area contributed by atoms with Gasteiger partial charge in [0.15, 0.2) is 6.29 Å². The summed E-state index contributed by atoms with van der Waals surface area (Å²) in [6.07, 6.45) is 1.33. The van der Waals surface area contributed by atoms with Gasteiger partial charge in [-0.2, -0.15) is 0 Å². The number of hydrogen-bond acceptors (Lipinski definition) is 4. The van der Waals surface area contributed by atoms with Gasteiger partial charge in [0.25, 0.3) is 0 Å². The number of ether oxygens (including phenoxy) is 3. The third-order valence-corrected chi connectivity index (χ3v) is 3.11. The molecular weight excluding hydrogens is 194 g/mol. The van der Waals surface area contributed by atoms with Crippen molar-refractivity contribution in [2.45, 2.75) is 38.7 Å². The SMILES string of the molecule is COC(OC)C(C)NCC1CCOC1C. The molecule has 0 spiro atoms. The van der Waals surface area contributed by atoms with Gasteiger partial charge >= 0.3 is 0 Å². The fraction of sp³-hybridized carbons (Fsp3) is 1.00. The lowest BCUT2D eigenvalue weighted by Crippen LogP contribution is -2.42. The van der Waals surface area contributed by atoms with Gasteiger partial charge in [-0.3, -0.25) is 0 Å². The maximum atomic E-state index is 5.51. The Morgan fingerprint density at radius 2 is 2.07 bits per heavy atom. The molecular formula is C11H23NO3. The molecule has 4 heteroatoms. The molecule has 1 saturated heterocycles. The zero-order chi connectivity index (χ0) is 11.3. The van der Waals surface area contributed by atoms with Gasteiger partial charge in [0.2, 0.25) is 0 Å². The summed E-state index contributed by atoms with van der Waals surface area (Å²) < 4.78 is 15.9. The predicted molar refractivity (Wildman–Crippen MR) is 58.8 cm³/mol. The van der Waals surface area contributed by atoms with Gasteiger partial charge in [0.1, 0.15) is 0 Å². The number of methoxy groups -OCH3 is 2. The van der Waals surface area contributed by atoms with Crippen LogP contribution in [-0.4, -0.2) is 45.8 Å². The minimum Gasteiger partial charge on any atom is -0.378 e. The molecule has 0 amide bonds. The third kappa shape index (κ3) is 3.72. The molecule has 3 atom stereocenters. The number of rotatable bonds is 6. The molecule has 4 nitrogen and oxygen atoms in total. The van der Waals surface area contributed by atoms with Crippen LogP contribution in [0.15, 0.2) is 0 Å². The highest BCUT2D eigenvalue weighted by molar-refractivity contribution is 4.76. The van der Waals surface area contributed by atoms with Crippen LogP contribution in [0.2, 0.25) is 0 Å². The maximum Gasteiger partial charge on any atom is 0.171 e. The molecule has 1 heterocycles. The molecule has 90 valence electrons. The van der Waals surface area contributed by atoms with Gasteiger partial charge in [0.05, 0.1) is 12.1 Å². The Hall–Kier alpha value is -0.160. The molecule has 1 N–H and O–H groups in total. The largest absolute Gasteiger partial charge is 0.378 e. The number of hydrogen-bond donors (Lipinski definition) is 1. The standard InChI is InChI=1S/C11H23NO3/c1-8(11(13-3)14-4)12-7-10-5-6-15-9(10)2/h8-12H,5-7H2,1-4H3. The first-order chi connectivity index (χ1) is 7.19. The molecule has 0 aromatic carbocycles. The Morgan fingerprint density at radius 3 is 2.53 bits per heavy atom. The first-order valence-corrected chi connectivity index (χ1v) is 5.59. The first kappa shape index (κ1) is 12.9. The van der Waals surface area contributed by atoms with Crippen molar-refractivity contribution < 1.29 is 14.2 Å². The lowest BCUT2D eigenvalue weighted by Gasteiger charge is -2.24. The smallest absolute Gasteiger partial charge is 0.171 e. The highest BCUT2D eigenvalue weighted by atomic mass is 16.7. The molecule has 1 aliphatic rings. The molecule has 0 radical (unpaired) electrons. The monoisotopic (exact) mass is 217 g/mol. The zero-order valence-corrected chi connectivity index (χ0v) is 10.2. The van der Waals surface area contributed by atoms with Crippen molar-refractivity contribution in [1.82, 2.24) is 5.32 Å². The summed E-state index contributed by atoms with van der Waals surface area (Å²) in [4.78, 5) is 0. The van der Waals surface area contributed by atoms with Crippen molar-refractivity contribution in [3.63, 3.8) is 0 Å². The van der Waals surface area contributed by atoms with E-state index in [0.29, 0.717) is 12.0 Å². The van der Waals surface area contributed by atoms with E-state index in [-0.39, 0.29) is 12.3 Å². The van der Waals surface area contributed by atoms with E-state index in [0.717, 1.165) is 19.6 Å². The average Bonchev–Trinajstić information content (AvgIpc) is 2.63. The van der Waals surface area contributed by atoms with Crippen LogP contribution in [0.3, 0.4) is 0 Å². The second-order valence-corrected chi connectivity index (χ2v) is 4.16. The van der Waals surface area contributed by atoms with Gasteiger partial charge in [-0.05, 0) is 26.2 Å². The van der Waals surface area contributed by atoms with Crippen LogP contribution in [0.1, 0.15) is 20.3 Å². The fourth-order valence-electron chi connectivity index (χ4n) is 1.98. The Kier molecular flexibility index (Phi) is 5.53. The molecule has 3 unspecified atom stereocenters. The van der Waals surface area contributed by atoms with E-state index >= 15 is 0 Å². The van der Waals surface area contributed by atoms with Crippen LogP contribution in [0.25, 0.3) is 0 Å². The molecule has 1 rings (SSSR count). The van der Waals surface area contributed by atoms with Crippen LogP contribution < -0.4 is 5.32 Å². The second kappa shape index (κ2) is 6.43. The van der Waals surface area contributed by atoms with Crippen molar-refractivity contribution >= 4 is 0 Å². The first-order valence-electron chi connectivity index (χ1n) is 5.59. The van der Waals surface area contributed by atoms with Gasteiger partial charge in [-0.1, -0.05) is 0 Å². The van der Waals surface area contributed by atoms with E-state index in [2.05, 4.69) is 19.2 Å². The summed E-state index contributed by atoms with van der Waals surface area (Å²) in [5, 5.41) is 3.43. The topological polar surface area (TPSA) is 39.7 Å². The molecule has 1 fully saturated rings. The maximum absolute atomic E-state index is 5.51. The van der Waals surface area contributed by atoms with Gasteiger partial charge in [-0.15, -0.1) is 0 Å². The third-order valence-electron chi connectivity index (χ3n) is 3.11. The Bertz CT molecular complexity index is 173. The Balaban J connectivity index is 2.23. The fourth-order valence-corrected chi connectivity index (χ4v) is 1.98. The van der Waals surface area contributed by atoms with Crippen LogP contribution >= 0.6 is 0 Å². The van der Waals surface area contributed by atoms with E-state index in [1.165, 1.54) is 0 Å². The highest BCUT2D eigenvalue weighted by Crippen LogP contribution is 2.19. The van der Waals surface area contributed by atoms with Crippen molar-refractivity contribution in [2.24, 2.45) is 5.92 Å². The molecule has 0 bridgehead atoms.